The Hall–Kier alpha value is -1.86. The van der Waals surface area contributed by atoms with Crippen molar-refractivity contribution in [1.29, 1.82) is 0 Å². The van der Waals surface area contributed by atoms with Crippen molar-refractivity contribution in [3.05, 3.63) is 29.1 Å². The Morgan fingerprint density at radius 1 is 0.889 bits per heavy atom. The number of anilines is 1. The van der Waals surface area contributed by atoms with E-state index in [1.54, 1.807) is 0 Å². The predicted molar refractivity (Wildman–Crippen MR) is 51.6 cm³/mol. The highest BCUT2D eigenvalue weighted by Gasteiger charge is 2.32. The minimum atomic E-state index is -2.24. The lowest BCUT2D eigenvalue weighted by atomic mass is 10.2. The molecular weight excluding hydrogens is 259 g/mol. The first-order chi connectivity index (χ1) is 8.45. The molecule has 1 saturated heterocycles. The summed E-state index contributed by atoms with van der Waals surface area (Å²) in [5, 5.41) is 2.25. The highest BCUT2D eigenvalue weighted by molar-refractivity contribution is 5.92. The molecule has 18 heavy (non-hydrogen) atoms. The second-order valence-corrected chi connectivity index (χ2v) is 3.66. The van der Waals surface area contributed by atoms with E-state index < -0.39 is 40.8 Å². The average molecular weight is 266 g/mol. The predicted octanol–water partition coefficient (Wildman–Crippen LogP) is 2.30. The van der Waals surface area contributed by atoms with Gasteiger partial charge in [0.1, 0.15) is 5.69 Å². The summed E-state index contributed by atoms with van der Waals surface area (Å²) in [5.74, 6) is -10.4. The Labute approximate surface area is 98.2 Å². The quantitative estimate of drug-likeness (QED) is 0.472. The lowest BCUT2D eigenvalue weighted by Gasteiger charge is -2.28. The van der Waals surface area contributed by atoms with Gasteiger partial charge in [0.15, 0.2) is 23.3 Å². The first-order valence-corrected chi connectivity index (χ1v) is 5.02. The van der Waals surface area contributed by atoms with Gasteiger partial charge in [0.2, 0.25) is 5.82 Å². The molecular formula is C10H7F5N2O. The molecule has 1 fully saturated rings. The lowest BCUT2D eigenvalue weighted by Crippen LogP contribution is -2.47. The molecule has 1 heterocycles. The molecule has 1 aromatic rings. The summed E-state index contributed by atoms with van der Waals surface area (Å²) in [6, 6.07) is -0.899. The minimum Gasteiger partial charge on any atom is -0.338 e. The summed E-state index contributed by atoms with van der Waals surface area (Å²) < 4.78 is 65.6. The number of carbonyl (C=O) groups excluding carboxylic acids is 1. The first-order valence-electron chi connectivity index (χ1n) is 5.02. The van der Waals surface area contributed by atoms with Crippen LogP contribution in [0.3, 0.4) is 0 Å². The monoisotopic (exact) mass is 266 g/mol. The third kappa shape index (κ3) is 1.77. The van der Waals surface area contributed by atoms with Gasteiger partial charge in [0, 0.05) is 13.1 Å². The normalized spacial score (nSPS) is 15.8. The smallest absolute Gasteiger partial charge is 0.322 e. The topological polar surface area (TPSA) is 32.3 Å². The number of amides is 2. The van der Waals surface area contributed by atoms with Gasteiger partial charge in [-0.2, -0.15) is 0 Å². The van der Waals surface area contributed by atoms with E-state index in [1.165, 1.54) is 0 Å². The number of urea groups is 1. The Morgan fingerprint density at radius 2 is 1.39 bits per heavy atom. The van der Waals surface area contributed by atoms with E-state index in [0.29, 0.717) is 11.3 Å². The maximum atomic E-state index is 13.4. The van der Waals surface area contributed by atoms with E-state index in [-0.39, 0.29) is 13.1 Å². The Balaban J connectivity index is 2.60. The number of halogens is 5. The second-order valence-electron chi connectivity index (χ2n) is 3.66. The number of hydrogen-bond acceptors (Lipinski definition) is 1. The van der Waals surface area contributed by atoms with Crippen molar-refractivity contribution < 1.29 is 26.7 Å². The molecule has 98 valence electrons. The standard InChI is InChI=1S/C10H7F5N2O/c11-4-5(12)7(14)9(8(15)6(4)13)17-3-1-2-16-10(17)18/h1-3H2,(H,16,18). The molecule has 0 aliphatic carbocycles. The molecule has 2 rings (SSSR count). The van der Waals surface area contributed by atoms with Gasteiger partial charge in [-0.1, -0.05) is 0 Å². The summed E-state index contributed by atoms with van der Waals surface area (Å²) in [5.41, 5.74) is -1.22. The van der Waals surface area contributed by atoms with Gasteiger partial charge >= 0.3 is 6.03 Å². The molecule has 8 heteroatoms. The second kappa shape index (κ2) is 4.43. The van der Waals surface area contributed by atoms with Crippen LogP contribution in [-0.2, 0) is 0 Å². The minimum absolute atomic E-state index is 0.121. The zero-order valence-electron chi connectivity index (χ0n) is 8.87. The van der Waals surface area contributed by atoms with Gasteiger partial charge in [-0.05, 0) is 6.42 Å². The molecule has 0 bridgehead atoms. The molecule has 0 atom stereocenters. The molecule has 2 amide bonds. The Kier molecular flexibility index (Phi) is 3.10. The van der Waals surface area contributed by atoms with E-state index in [0.717, 1.165) is 0 Å². The van der Waals surface area contributed by atoms with Crippen LogP contribution in [0.15, 0.2) is 0 Å². The molecule has 0 saturated carbocycles. The maximum Gasteiger partial charge on any atom is 0.322 e. The highest BCUT2D eigenvalue weighted by Crippen LogP contribution is 2.30. The SMILES string of the molecule is O=C1NCCCN1c1c(F)c(F)c(F)c(F)c1F. The van der Waals surface area contributed by atoms with Crippen molar-refractivity contribution in [2.75, 3.05) is 18.0 Å². The number of carbonyl (C=O) groups is 1. The number of nitrogens with zero attached hydrogens (tertiary/aromatic N) is 1. The van der Waals surface area contributed by atoms with Crippen molar-refractivity contribution in [1.82, 2.24) is 5.32 Å². The van der Waals surface area contributed by atoms with Gasteiger partial charge in [0.05, 0.1) is 0 Å². The van der Waals surface area contributed by atoms with Crippen LogP contribution in [0.1, 0.15) is 6.42 Å². The summed E-state index contributed by atoms with van der Waals surface area (Å²) in [7, 11) is 0. The molecule has 0 radical (unpaired) electrons. The fourth-order valence-electron chi connectivity index (χ4n) is 1.67. The molecule has 3 nitrogen and oxygen atoms in total. The van der Waals surface area contributed by atoms with E-state index in [4.69, 9.17) is 0 Å². The van der Waals surface area contributed by atoms with E-state index >= 15 is 0 Å². The van der Waals surface area contributed by atoms with Gasteiger partial charge < -0.3 is 5.32 Å². The molecule has 1 N–H and O–H groups in total. The zero-order valence-corrected chi connectivity index (χ0v) is 8.87. The molecule has 1 aliphatic rings. The van der Waals surface area contributed by atoms with Gasteiger partial charge in [0.25, 0.3) is 0 Å². The highest BCUT2D eigenvalue weighted by atomic mass is 19.2. The van der Waals surface area contributed by atoms with Crippen molar-refractivity contribution in [2.24, 2.45) is 0 Å². The number of nitrogens with one attached hydrogen (secondary N) is 1. The van der Waals surface area contributed by atoms with Crippen molar-refractivity contribution in [3.63, 3.8) is 0 Å². The summed E-state index contributed by atoms with van der Waals surface area (Å²) in [6.07, 6.45) is 0.339. The van der Waals surface area contributed by atoms with Crippen molar-refractivity contribution in [3.8, 4) is 0 Å². The van der Waals surface area contributed by atoms with E-state index in [9.17, 15) is 26.7 Å². The van der Waals surface area contributed by atoms with E-state index in [2.05, 4.69) is 5.32 Å². The molecule has 1 aromatic carbocycles. The number of rotatable bonds is 1. The van der Waals surface area contributed by atoms with Crippen LogP contribution in [0.4, 0.5) is 32.4 Å². The Morgan fingerprint density at radius 3 is 1.89 bits per heavy atom. The average Bonchev–Trinajstić information content (AvgIpc) is 2.36. The molecule has 0 aromatic heterocycles. The maximum absolute atomic E-state index is 13.4. The summed E-state index contributed by atoms with van der Waals surface area (Å²) in [4.78, 5) is 11.8. The number of hydrogen-bond donors (Lipinski definition) is 1. The van der Waals surface area contributed by atoms with Gasteiger partial charge in [-0.3, -0.25) is 4.90 Å². The van der Waals surface area contributed by atoms with Crippen LogP contribution in [-0.4, -0.2) is 19.1 Å². The van der Waals surface area contributed by atoms with Gasteiger partial charge in [-0.25, -0.2) is 26.7 Å². The fourth-order valence-corrected chi connectivity index (χ4v) is 1.67. The third-order valence-electron chi connectivity index (χ3n) is 2.54. The molecule has 0 spiro atoms. The molecule has 1 aliphatic heterocycles. The third-order valence-corrected chi connectivity index (χ3v) is 2.54. The molecule has 0 unspecified atom stereocenters. The summed E-state index contributed by atoms with van der Waals surface area (Å²) >= 11 is 0. The van der Waals surface area contributed by atoms with E-state index in [1.807, 2.05) is 0 Å². The summed E-state index contributed by atoms with van der Waals surface area (Å²) in [6.45, 7) is 0.162. The van der Waals surface area contributed by atoms with Crippen LogP contribution in [0.5, 0.6) is 0 Å². The Bertz CT molecular complexity index is 490. The zero-order chi connectivity index (χ0) is 13.4. The van der Waals surface area contributed by atoms with Crippen LogP contribution in [0.2, 0.25) is 0 Å². The first kappa shape index (κ1) is 12.6. The van der Waals surface area contributed by atoms with Crippen LogP contribution in [0.25, 0.3) is 0 Å². The largest absolute Gasteiger partial charge is 0.338 e. The van der Waals surface area contributed by atoms with Crippen molar-refractivity contribution >= 4 is 11.7 Å². The van der Waals surface area contributed by atoms with Crippen LogP contribution >= 0.6 is 0 Å². The fraction of sp³-hybridized carbons (Fsp3) is 0.300. The number of benzene rings is 1. The van der Waals surface area contributed by atoms with Crippen molar-refractivity contribution in [2.45, 2.75) is 6.42 Å². The van der Waals surface area contributed by atoms with Crippen LogP contribution in [0, 0.1) is 29.1 Å². The lowest BCUT2D eigenvalue weighted by molar-refractivity contribution is 0.242. The van der Waals surface area contributed by atoms with Gasteiger partial charge in [-0.15, -0.1) is 0 Å². The van der Waals surface area contributed by atoms with Crippen LogP contribution < -0.4 is 10.2 Å².